The molecular formula is C11H15BrN2OS. The molecule has 1 saturated heterocycles. The number of primary amides is 1. The second kappa shape index (κ2) is 5.29. The zero-order valence-corrected chi connectivity index (χ0v) is 11.4. The van der Waals surface area contributed by atoms with Gasteiger partial charge in [0, 0.05) is 6.54 Å². The summed E-state index contributed by atoms with van der Waals surface area (Å²) in [6.45, 7) is 1.80. The third kappa shape index (κ3) is 2.84. The Kier molecular flexibility index (Phi) is 4.00. The number of hydrogen-bond donors (Lipinski definition) is 1. The molecular weight excluding hydrogens is 288 g/mol. The molecule has 88 valence electrons. The first-order valence-electron chi connectivity index (χ1n) is 5.43. The van der Waals surface area contributed by atoms with Gasteiger partial charge < -0.3 is 5.73 Å². The number of thiophene rings is 1. The van der Waals surface area contributed by atoms with Gasteiger partial charge in [-0.1, -0.05) is 6.42 Å². The van der Waals surface area contributed by atoms with E-state index in [1.165, 1.54) is 5.56 Å². The minimum Gasteiger partial charge on any atom is -0.368 e. The van der Waals surface area contributed by atoms with Crippen molar-refractivity contribution >= 4 is 33.2 Å². The van der Waals surface area contributed by atoms with Gasteiger partial charge in [0.1, 0.15) is 0 Å². The number of rotatable bonds is 3. The van der Waals surface area contributed by atoms with Crippen LogP contribution in [0.25, 0.3) is 0 Å². The number of nitrogens with zero attached hydrogens (tertiary/aromatic N) is 1. The quantitative estimate of drug-likeness (QED) is 0.931. The fraction of sp³-hybridized carbons (Fsp3) is 0.545. The molecule has 0 aliphatic carbocycles. The van der Waals surface area contributed by atoms with Gasteiger partial charge in [0.05, 0.1) is 9.83 Å². The molecule has 0 spiro atoms. The highest BCUT2D eigenvalue weighted by atomic mass is 79.9. The van der Waals surface area contributed by atoms with E-state index in [0.29, 0.717) is 0 Å². The van der Waals surface area contributed by atoms with E-state index < -0.39 is 0 Å². The molecule has 3 nitrogen and oxygen atoms in total. The number of carbonyl (C=O) groups is 1. The standard InChI is InChI=1S/C11H15BrN2OS/c12-10-5-8(7-16-10)6-14-4-2-1-3-9(14)11(13)15/h5,7,9H,1-4,6H2,(H2,13,15). The largest absolute Gasteiger partial charge is 0.368 e. The van der Waals surface area contributed by atoms with E-state index in [1.54, 1.807) is 11.3 Å². The van der Waals surface area contributed by atoms with Crippen molar-refractivity contribution in [3.63, 3.8) is 0 Å². The van der Waals surface area contributed by atoms with E-state index >= 15 is 0 Å². The number of carbonyl (C=O) groups excluding carboxylic acids is 1. The predicted molar refractivity (Wildman–Crippen MR) is 69.3 cm³/mol. The molecule has 1 aliphatic heterocycles. The summed E-state index contributed by atoms with van der Waals surface area (Å²) in [6.07, 6.45) is 3.17. The van der Waals surface area contributed by atoms with Crippen LogP contribution >= 0.6 is 27.3 Å². The maximum absolute atomic E-state index is 11.3. The average Bonchev–Trinajstić information content (AvgIpc) is 2.64. The molecule has 1 aromatic rings. The lowest BCUT2D eigenvalue weighted by atomic mass is 10.0. The predicted octanol–water partition coefficient (Wildman–Crippen LogP) is 2.35. The number of amides is 1. The molecule has 2 rings (SSSR count). The van der Waals surface area contributed by atoms with Crippen LogP contribution in [0.3, 0.4) is 0 Å². The molecule has 0 bridgehead atoms. The van der Waals surface area contributed by atoms with E-state index in [1.807, 2.05) is 0 Å². The second-order valence-corrected chi connectivity index (χ2v) is 6.43. The summed E-state index contributed by atoms with van der Waals surface area (Å²) < 4.78 is 1.13. The van der Waals surface area contributed by atoms with Crippen LogP contribution in [0, 0.1) is 0 Å². The molecule has 1 aromatic heterocycles. The summed E-state index contributed by atoms with van der Waals surface area (Å²) in [5.41, 5.74) is 6.68. The van der Waals surface area contributed by atoms with Crippen molar-refractivity contribution in [1.29, 1.82) is 0 Å². The smallest absolute Gasteiger partial charge is 0.234 e. The van der Waals surface area contributed by atoms with Gasteiger partial charge in [0.2, 0.25) is 5.91 Å². The van der Waals surface area contributed by atoms with Crippen LogP contribution in [0.2, 0.25) is 0 Å². The summed E-state index contributed by atoms with van der Waals surface area (Å²) in [4.78, 5) is 13.5. The van der Waals surface area contributed by atoms with Gasteiger partial charge in [-0.2, -0.15) is 0 Å². The van der Waals surface area contributed by atoms with Crippen molar-refractivity contribution < 1.29 is 4.79 Å². The fourth-order valence-corrected chi connectivity index (χ4v) is 3.37. The molecule has 16 heavy (non-hydrogen) atoms. The Balaban J connectivity index is 2.03. The first kappa shape index (κ1) is 12.1. The zero-order chi connectivity index (χ0) is 11.5. The van der Waals surface area contributed by atoms with Crippen molar-refractivity contribution in [2.24, 2.45) is 5.73 Å². The number of piperidine rings is 1. The van der Waals surface area contributed by atoms with E-state index in [2.05, 4.69) is 32.3 Å². The van der Waals surface area contributed by atoms with Crippen LogP contribution in [-0.2, 0) is 11.3 Å². The normalized spacial score (nSPS) is 22.2. The summed E-state index contributed by atoms with van der Waals surface area (Å²) in [5.74, 6) is -0.186. The Morgan fingerprint density at radius 2 is 2.44 bits per heavy atom. The first-order chi connectivity index (χ1) is 7.66. The Morgan fingerprint density at radius 3 is 3.06 bits per heavy atom. The summed E-state index contributed by atoms with van der Waals surface area (Å²) >= 11 is 5.13. The molecule has 5 heteroatoms. The third-order valence-corrected chi connectivity index (χ3v) is 4.50. The molecule has 1 unspecified atom stereocenters. The molecule has 1 aliphatic rings. The van der Waals surface area contributed by atoms with Crippen LogP contribution in [0.15, 0.2) is 15.2 Å². The molecule has 1 atom stereocenters. The van der Waals surface area contributed by atoms with Crippen LogP contribution < -0.4 is 5.73 Å². The molecule has 2 heterocycles. The van der Waals surface area contributed by atoms with Gasteiger partial charge >= 0.3 is 0 Å². The SMILES string of the molecule is NC(=O)C1CCCCN1Cc1csc(Br)c1. The summed E-state index contributed by atoms with van der Waals surface area (Å²) in [6, 6.07) is 2.03. The van der Waals surface area contributed by atoms with Gasteiger partial charge in [-0.15, -0.1) is 11.3 Å². The first-order valence-corrected chi connectivity index (χ1v) is 7.10. The monoisotopic (exact) mass is 302 g/mol. The van der Waals surface area contributed by atoms with Crippen molar-refractivity contribution in [3.8, 4) is 0 Å². The maximum Gasteiger partial charge on any atom is 0.234 e. The van der Waals surface area contributed by atoms with E-state index in [-0.39, 0.29) is 11.9 Å². The summed E-state index contributed by atoms with van der Waals surface area (Å²) in [7, 11) is 0. The van der Waals surface area contributed by atoms with Gasteiger partial charge in [-0.05, 0) is 52.3 Å². The topological polar surface area (TPSA) is 46.3 Å². The van der Waals surface area contributed by atoms with E-state index in [4.69, 9.17) is 5.73 Å². The number of likely N-dealkylation sites (tertiary alicyclic amines) is 1. The minimum atomic E-state index is -0.186. The molecule has 0 radical (unpaired) electrons. The maximum atomic E-state index is 11.3. The Labute approximate surface area is 108 Å². The lowest BCUT2D eigenvalue weighted by Crippen LogP contribution is -2.47. The van der Waals surface area contributed by atoms with Crippen molar-refractivity contribution in [1.82, 2.24) is 4.90 Å². The number of halogens is 1. The molecule has 1 amide bonds. The highest BCUT2D eigenvalue weighted by molar-refractivity contribution is 9.11. The van der Waals surface area contributed by atoms with E-state index in [9.17, 15) is 4.79 Å². The summed E-state index contributed by atoms with van der Waals surface area (Å²) in [5, 5.41) is 2.12. The molecule has 1 fully saturated rings. The zero-order valence-electron chi connectivity index (χ0n) is 8.99. The highest BCUT2D eigenvalue weighted by Crippen LogP contribution is 2.24. The van der Waals surface area contributed by atoms with Gasteiger partial charge in [-0.25, -0.2) is 0 Å². The lowest BCUT2D eigenvalue weighted by Gasteiger charge is -2.33. The highest BCUT2D eigenvalue weighted by Gasteiger charge is 2.26. The Bertz CT molecular complexity index is 380. The van der Waals surface area contributed by atoms with Crippen LogP contribution in [-0.4, -0.2) is 23.4 Å². The molecule has 0 aromatic carbocycles. The Morgan fingerprint density at radius 1 is 1.62 bits per heavy atom. The third-order valence-electron chi connectivity index (χ3n) is 2.95. The van der Waals surface area contributed by atoms with Crippen LogP contribution in [0.1, 0.15) is 24.8 Å². The fourth-order valence-electron chi connectivity index (χ4n) is 2.17. The van der Waals surface area contributed by atoms with Crippen LogP contribution in [0.5, 0.6) is 0 Å². The van der Waals surface area contributed by atoms with Gasteiger partial charge in [-0.3, -0.25) is 9.69 Å². The second-order valence-electron chi connectivity index (χ2n) is 4.14. The van der Waals surface area contributed by atoms with Crippen molar-refractivity contribution in [2.45, 2.75) is 31.8 Å². The number of hydrogen-bond acceptors (Lipinski definition) is 3. The van der Waals surface area contributed by atoms with Gasteiger partial charge in [0.15, 0.2) is 0 Å². The Hall–Kier alpha value is -0.390. The lowest BCUT2D eigenvalue weighted by molar-refractivity contribution is -0.124. The van der Waals surface area contributed by atoms with Gasteiger partial charge in [0.25, 0.3) is 0 Å². The van der Waals surface area contributed by atoms with Crippen molar-refractivity contribution in [3.05, 3.63) is 20.8 Å². The molecule has 2 N–H and O–H groups in total. The van der Waals surface area contributed by atoms with Crippen LogP contribution in [0.4, 0.5) is 0 Å². The van der Waals surface area contributed by atoms with E-state index in [0.717, 1.165) is 36.1 Å². The van der Waals surface area contributed by atoms with Crippen molar-refractivity contribution in [2.75, 3.05) is 6.54 Å². The number of nitrogens with two attached hydrogens (primary N) is 1. The molecule has 0 saturated carbocycles. The minimum absolute atomic E-state index is 0.0765. The average molecular weight is 303 g/mol.